The number of benzene rings is 1. The molecule has 1 amide bonds. The first-order valence-electron chi connectivity index (χ1n) is 8.81. The van der Waals surface area contributed by atoms with E-state index in [1.807, 2.05) is 23.1 Å². The largest absolute Gasteiger partial charge is 0.465 e. The Hall–Kier alpha value is -2.87. The molecular formula is C20H22N2O5S. The van der Waals surface area contributed by atoms with Crippen molar-refractivity contribution in [1.82, 2.24) is 0 Å². The van der Waals surface area contributed by atoms with Crippen LogP contribution in [0.4, 0.5) is 10.7 Å². The van der Waals surface area contributed by atoms with Crippen molar-refractivity contribution in [3.63, 3.8) is 0 Å². The minimum Gasteiger partial charge on any atom is -0.465 e. The molecule has 0 saturated heterocycles. The summed E-state index contributed by atoms with van der Waals surface area (Å²) < 4.78 is 9.58. The average Bonchev–Trinajstić information content (AvgIpc) is 3.17. The van der Waals surface area contributed by atoms with Gasteiger partial charge >= 0.3 is 11.9 Å². The molecule has 0 fully saturated rings. The van der Waals surface area contributed by atoms with Crippen LogP contribution in [0, 0.1) is 6.92 Å². The van der Waals surface area contributed by atoms with Crippen molar-refractivity contribution < 1.29 is 23.9 Å². The van der Waals surface area contributed by atoms with E-state index in [0.717, 1.165) is 23.4 Å². The minimum absolute atomic E-state index is 0.142. The van der Waals surface area contributed by atoms with Gasteiger partial charge in [0.15, 0.2) is 0 Å². The number of carbonyl (C=O) groups excluding carboxylic acids is 3. The molecule has 1 aromatic heterocycles. The fourth-order valence-corrected chi connectivity index (χ4v) is 4.56. The van der Waals surface area contributed by atoms with Crippen molar-refractivity contribution in [3.8, 4) is 0 Å². The Morgan fingerprint density at radius 2 is 1.86 bits per heavy atom. The number of para-hydroxylation sites is 1. The smallest absolute Gasteiger partial charge is 0.348 e. The van der Waals surface area contributed by atoms with Crippen LogP contribution in [0.5, 0.6) is 0 Å². The third kappa shape index (κ3) is 3.60. The van der Waals surface area contributed by atoms with Crippen LogP contribution in [-0.4, -0.2) is 44.7 Å². The molecule has 8 heteroatoms. The molecule has 148 valence electrons. The van der Waals surface area contributed by atoms with Gasteiger partial charge in [0.2, 0.25) is 5.91 Å². The van der Waals surface area contributed by atoms with Gasteiger partial charge in [-0.15, -0.1) is 11.3 Å². The van der Waals surface area contributed by atoms with Crippen LogP contribution < -0.4 is 10.2 Å². The molecule has 28 heavy (non-hydrogen) atoms. The number of hydrogen-bond donors (Lipinski definition) is 1. The molecule has 0 bridgehead atoms. The number of carbonyl (C=O) groups is 3. The van der Waals surface area contributed by atoms with Crippen molar-refractivity contribution in [1.29, 1.82) is 0 Å². The van der Waals surface area contributed by atoms with Crippen molar-refractivity contribution in [3.05, 3.63) is 45.8 Å². The van der Waals surface area contributed by atoms with Crippen LogP contribution in [0.25, 0.3) is 0 Å². The van der Waals surface area contributed by atoms with Gasteiger partial charge in [-0.2, -0.15) is 0 Å². The summed E-state index contributed by atoms with van der Waals surface area (Å²) in [4.78, 5) is 39.2. The Bertz CT molecular complexity index is 937. The summed E-state index contributed by atoms with van der Waals surface area (Å²) in [6.07, 6.45) is 0.876. The first kappa shape index (κ1) is 19.9. The molecule has 1 aliphatic rings. The number of thiophene rings is 1. The molecule has 0 saturated carbocycles. The Kier molecular flexibility index (Phi) is 5.69. The van der Waals surface area contributed by atoms with E-state index in [2.05, 4.69) is 18.3 Å². The normalized spacial score (nSPS) is 15.1. The van der Waals surface area contributed by atoms with E-state index in [1.165, 1.54) is 19.8 Å². The van der Waals surface area contributed by atoms with Crippen molar-refractivity contribution in [2.75, 3.05) is 31.0 Å². The van der Waals surface area contributed by atoms with Gasteiger partial charge in [0, 0.05) is 11.7 Å². The molecule has 1 aromatic carbocycles. The van der Waals surface area contributed by atoms with Gasteiger partial charge in [-0.05, 0) is 37.5 Å². The zero-order chi connectivity index (χ0) is 20.4. The summed E-state index contributed by atoms with van der Waals surface area (Å²) in [5, 5.41) is 3.06. The Labute approximate surface area is 167 Å². The van der Waals surface area contributed by atoms with E-state index < -0.39 is 11.9 Å². The zero-order valence-electron chi connectivity index (χ0n) is 16.2. The molecule has 0 unspecified atom stereocenters. The number of nitrogens with zero attached hydrogens (tertiary/aromatic N) is 1. The summed E-state index contributed by atoms with van der Waals surface area (Å²) in [6, 6.07) is 8.18. The second-order valence-corrected chi connectivity index (χ2v) is 7.62. The second kappa shape index (κ2) is 8.02. The van der Waals surface area contributed by atoms with E-state index in [0.29, 0.717) is 5.56 Å². The van der Waals surface area contributed by atoms with Crippen molar-refractivity contribution >= 4 is 39.9 Å². The van der Waals surface area contributed by atoms with Crippen molar-refractivity contribution in [2.24, 2.45) is 0 Å². The highest BCUT2D eigenvalue weighted by Crippen LogP contribution is 2.35. The van der Waals surface area contributed by atoms with Crippen LogP contribution in [-0.2, 0) is 20.7 Å². The molecule has 1 aliphatic heterocycles. The maximum Gasteiger partial charge on any atom is 0.348 e. The molecule has 0 spiro atoms. The average molecular weight is 402 g/mol. The molecule has 2 aromatic rings. The van der Waals surface area contributed by atoms with Gasteiger partial charge in [-0.3, -0.25) is 4.79 Å². The van der Waals surface area contributed by atoms with Gasteiger partial charge in [-0.1, -0.05) is 18.2 Å². The minimum atomic E-state index is -0.612. The van der Waals surface area contributed by atoms with Crippen LogP contribution in [0.2, 0.25) is 0 Å². The SMILES string of the molecule is COC(=O)c1sc(NC(=O)CN2c3ccccc3C[C@H]2C)c(C(=O)OC)c1C. The first-order valence-corrected chi connectivity index (χ1v) is 9.63. The maximum absolute atomic E-state index is 12.7. The summed E-state index contributed by atoms with van der Waals surface area (Å²) >= 11 is 1.01. The zero-order valence-corrected chi connectivity index (χ0v) is 17.0. The lowest BCUT2D eigenvalue weighted by Crippen LogP contribution is -2.37. The quantitative estimate of drug-likeness (QED) is 0.774. The lowest BCUT2D eigenvalue weighted by Gasteiger charge is -2.24. The van der Waals surface area contributed by atoms with Gasteiger partial charge in [0.05, 0.1) is 26.3 Å². The van der Waals surface area contributed by atoms with Crippen LogP contribution in [0.1, 0.15) is 38.1 Å². The van der Waals surface area contributed by atoms with E-state index in [1.54, 1.807) is 6.92 Å². The number of anilines is 2. The van der Waals surface area contributed by atoms with Gasteiger partial charge in [0.25, 0.3) is 0 Å². The van der Waals surface area contributed by atoms with E-state index in [9.17, 15) is 14.4 Å². The van der Waals surface area contributed by atoms with Crippen LogP contribution in [0.15, 0.2) is 24.3 Å². The Morgan fingerprint density at radius 1 is 1.18 bits per heavy atom. The number of esters is 2. The predicted octanol–water partition coefficient (Wildman–Crippen LogP) is 3.02. The number of fused-ring (bicyclic) bond motifs is 1. The number of amides is 1. The standard InChI is InChI=1S/C20H22N2O5S/c1-11-9-13-7-5-6-8-14(13)22(11)10-15(23)21-18-16(19(24)26-3)12(2)17(28-18)20(25)27-4/h5-8,11H,9-10H2,1-4H3,(H,21,23)/t11-/m1/s1. The monoisotopic (exact) mass is 402 g/mol. The molecule has 3 rings (SSSR count). The lowest BCUT2D eigenvalue weighted by molar-refractivity contribution is -0.115. The van der Waals surface area contributed by atoms with Crippen LogP contribution in [0.3, 0.4) is 0 Å². The fourth-order valence-electron chi connectivity index (χ4n) is 3.43. The number of methoxy groups -OCH3 is 2. The summed E-state index contributed by atoms with van der Waals surface area (Å²) in [5.41, 5.74) is 2.85. The van der Waals surface area contributed by atoms with E-state index in [-0.39, 0.29) is 33.9 Å². The van der Waals surface area contributed by atoms with Gasteiger partial charge in [0.1, 0.15) is 9.88 Å². The Morgan fingerprint density at radius 3 is 2.54 bits per heavy atom. The molecule has 0 radical (unpaired) electrons. The van der Waals surface area contributed by atoms with Gasteiger partial charge < -0.3 is 19.7 Å². The fraction of sp³-hybridized carbons (Fsp3) is 0.350. The summed E-state index contributed by atoms with van der Waals surface area (Å²) in [7, 11) is 2.52. The molecule has 1 atom stereocenters. The molecular weight excluding hydrogens is 380 g/mol. The van der Waals surface area contributed by atoms with E-state index in [4.69, 9.17) is 9.47 Å². The summed E-state index contributed by atoms with van der Waals surface area (Å²) in [6.45, 7) is 3.84. The van der Waals surface area contributed by atoms with Crippen molar-refractivity contribution in [2.45, 2.75) is 26.3 Å². The summed E-state index contributed by atoms with van der Waals surface area (Å²) in [5.74, 6) is -1.44. The topological polar surface area (TPSA) is 84.9 Å². The molecule has 1 N–H and O–H groups in total. The molecule has 7 nitrogen and oxygen atoms in total. The third-order valence-corrected chi connectivity index (χ3v) is 6.01. The lowest BCUT2D eigenvalue weighted by atomic mass is 10.1. The first-order chi connectivity index (χ1) is 13.4. The second-order valence-electron chi connectivity index (χ2n) is 6.60. The predicted molar refractivity (Wildman–Crippen MR) is 107 cm³/mol. The number of nitrogens with one attached hydrogen (secondary N) is 1. The number of rotatable bonds is 5. The third-order valence-electron chi connectivity index (χ3n) is 4.82. The molecule has 0 aliphatic carbocycles. The van der Waals surface area contributed by atoms with Crippen LogP contribution >= 0.6 is 11.3 Å². The number of hydrogen-bond acceptors (Lipinski definition) is 7. The Balaban J connectivity index is 1.84. The highest BCUT2D eigenvalue weighted by Gasteiger charge is 2.30. The van der Waals surface area contributed by atoms with Gasteiger partial charge in [-0.25, -0.2) is 9.59 Å². The highest BCUT2D eigenvalue weighted by molar-refractivity contribution is 7.18. The maximum atomic E-state index is 12.7. The highest BCUT2D eigenvalue weighted by atomic mass is 32.1. The van der Waals surface area contributed by atoms with E-state index >= 15 is 0 Å². The number of ether oxygens (including phenoxy) is 2. The molecule has 2 heterocycles.